The van der Waals surface area contributed by atoms with E-state index in [1.807, 2.05) is 19.3 Å². The van der Waals surface area contributed by atoms with Crippen LogP contribution in [-0.2, 0) is 6.54 Å². The van der Waals surface area contributed by atoms with Gasteiger partial charge in [-0.15, -0.1) is 0 Å². The zero-order chi connectivity index (χ0) is 12.1. The molecule has 3 heteroatoms. The molecule has 17 heavy (non-hydrogen) atoms. The summed E-state index contributed by atoms with van der Waals surface area (Å²) < 4.78 is 0. The lowest BCUT2D eigenvalue weighted by atomic mass is 9.88. The molecule has 0 saturated heterocycles. The number of aromatic nitrogens is 1. The molecular formula is C14H21N3. The van der Waals surface area contributed by atoms with Crippen LogP contribution in [0.25, 0.3) is 0 Å². The van der Waals surface area contributed by atoms with Gasteiger partial charge >= 0.3 is 0 Å². The van der Waals surface area contributed by atoms with Crippen LogP contribution < -0.4 is 0 Å². The van der Waals surface area contributed by atoms with Gasteiger partial charge in [-0.05, 0) is 24.5 Å². The first-order chi connectivity index (χ1) is 8.27. The minimum absolute atomic E-state index is 0.477. The van der Waals surface area contributed by atoms with Gasteiger partial charge in [-0.2, -0.15) is 0 Å². The van der Waals surface area contributed by atoms with Gasteiger partial charge in [0.15, 0.2) is 0 Å². The van der Waals surface area contributed by atoms with Crippen LogP contribution in [0.4, 0.5) is 0 Å². The van der Waals surface area contributed by atoms with Crippen molar-refractivity contribution < 1.29 is 0 Å². The zero-order valence-corrected chi connectivity index (χ0v) is 10.5. The zero-order valence-electron chi connectivity index (χ0n) is 10.5. The monoisotopic (exact) mass is 231 g/mol. The van der Waals surface area contributed by atoms with Gasteiger partial charge < -0.3 is 4.90 Å². The average Bonchev–Trinajstić information content (AvgIpc) is 2.40. The number of nitrogens with one attached hydrogen (secondary N) is 1. The Bertz CT molecular complexity index is 355. The van der Waals surface area contributed by atoms with E-state index in [0.717, 1.165) is 12.4 Å². The molecular weight excluding hydrogens is 210 g/mol. The number of rotatable bonds is 3. The lowest BCUT2D eigenvalue weighted by Gasteiger charge is -2.29. The van der Waals surface area contributed by atoms with E-state index in [1.54, 1.807) is 6.20 Å². The van der Waals surface area contributed by atoms with Crippen molar-refractivity contribution in [3.8, 4) is 0 Å². The van der Waals surface area contributed by atoms with E-state index in [4.69, 9.17) is 5.41 Å². The fraction of sp³-hybridized carbons (Fsp3) is 0.571. The lowest BCUT2D eigenvalue weighted by molar-refractivity contribution is 0.382. The maximum Gasteiger partial charge on any atom is 0.0989 e. The number of hydrogen-bond donors (Lipinski definition) is 1. The molecule has 3 nitrogen and oxygen atoms in total. The van der Waals surface area contributed by atoms with Gasteiger partial charge in [-0.25, -0.2) is 0 Å². The Morgan fingerprint density at radius 3 is 2.82 bits per heavy atom. The predicted octanol–water partition coefficient (Wildman–Crippen LogP) is 3.07. The summed E-state index contributed by atoms with van der Waals surface area (Å²) >= 11 is 0. The summed E-state index contributed by atoms with van der Waals surface area (Å²) in [5.41, 5.74) is 1.18. The fourth-order valence-corrected chi connectivity index (χ4v) is 2.54. The maximum absolute atomic E-state index is 8.24. The van der Waals surface area contributed by atoms with Crippen molar-refractivity contribution in [3.63, 3.8) is 0 Å². The molecule has 92 valence electrons. The van der Waals surface area contributed by atoms with Crippen molar-refractivity contribution in [1.82, 2.24) is 9.88 Å². The topological polar surface area (TPSA) is 40.0 Å². The summed E-state index contributed by atoms with van der Waals surface area (Å²) in [4.78, 5) is 6.17. The van der Waals surface area contributed by atoms with Crippen LogP contribution >= 0.6 is 0 Å². The standard InChI is InChI=1S/C14H21N3/c1-17(11-12-6-5-9-16-10-12)14(15)13-7-3-2-4-8-13/h5-6,9-10,13,15H,2-4,7-8,11H2,1H3. The number of nitrogens with zero attached hydrogens (tertiary/aromatic N) is 2. The molecule has 1 heterocycles. The number of amidine groups is 1. The van der Waals surface area contributed by atoms with E-state index in [0.29, 0.717) is 5.92 Å². The highest BCUT2D eigenvalue weighted by atomic mass is 15.1. The Hall–Kier alpha value is -1.38. The Labute approximate surface area is 103 Å². The van der Waals surface area contributed by atoms with E-state index in [1.165, 1.54) is 37.7 Å². The van der Waals surface area contributed by atoms with Gasteiger partial charge in [0.05, 0.1) is 5.84 Å². The summed E-state index contributed by atoms with van der Waals surface area (Å²) in [5.74, 6) is 1.28. The molecule has 0 bridgehead atoms. The Morgan fingerprint density at radius 1 is 1.41 bits per heavy atom. The highest BCUT2D eigenvalue weighted by Gasteiger charge is 2.20. The van der Waals surface area contributed by atoms with Crippen molar-refractivity contribution in [1.29, 1.82) is 5.41 Å². The molecule has 0 atom stereocenters. The van der Waals surface area contributed by atoms with Crippen LogP contribution in [0.2, 0.25) is 0 Å². The van der Waals surface area contributed by atoms with Gasteiger partial charge in [0.2, 0.25) is 0 Å². The highest BCUT2D eigenvalue weighted by Crippen LogP contribution is 2.25. The lowest BCUT2D eigenvalue weighted by Crippen LogP contribution is -2.33. The summed E-state index contributed by atoms with van der Waals surface area (Å²) in [6, 6.07) is 4.02. The smallest absolute Gasteiger partial charge is 0.0989 e. The summed E-state index contributed by atoms with van der Waals surface area (Å²) in [5, 5.41) is 8.24. The first kappa shape index (κ1) is 12.1. The van der Waals surface area contributed by atoms with Crippen LogP contribution in [0.1, 0.15) is 37.7 Å². The van der Waals surface area contributed by atoms with Gasteiger partial charge in [-0.1, -0.05) is 25.3 Å². The van der Waals surface area contributed by atoms with Crippen LogP contribution in [0.15, 0.2) is 24.5 Å². The van der Waals surface area contributed by atoms with Crippen LogP contribution in [0.3, 0.4) is 0 Å². The molecule has 0 aromatic carbocycles. The third kappa shape index (κ3) is 3.29. The van der Waals surface area contributed by atoms with E-state index >= 15 is 0 Å². The van der Waals surface area contributed by atoms with Crippen molar-refractivity contribution in [2.75, 3.05) is 7.05 Å². The molecule has 1 aliphatic carbocycles. The molecule has 1 aromatic heterocycles. The number of hydrogen-bond acceptors (Lipinski definition) is 2. The predicted molar refractivity (Wildman–Crippen MR) is 70.0 cm³/mol. The quantitative estimate of drug-likeness (QED) is 0.641. The highest BCUT2D eigenvalue weighted by molar-refractivity contribution is 5.81. The van der Waals surface area contributed by atoms with Gasteiger partial charge in [0.1, 0.15) is 0 Å². The second-order valence-electron chi connectivity index (χ2n) is 4.94. The van der Waals surface area contributed by atoms with Crippen LogP contribution in [0, 0.1) is 11.3 Å². The van der Waals surface area contributed by atoms with E-state index in [2.05, 4.69) is 16.0 Å². The van der Waals surface area contributed by atoms with Crippen molar-refractivity contribution in [2.45, 2.75) is 38.6 Å². The van der Waals surface area contributed by atoms with Gasteiger partial charge in [-0.3, -0.25) is 10.4 Å². The second-order valence-corrected chi connectivity index (χ2v) is 4.94. The molecule has 1 aliphatic rings. The third-order valence-corrected chi connectivity index (χ3v) is 3.55. The molecule has 0 aliphatic heterocycles. The van der Waals surface area contributed by atoms with Crippen molar-refractivity contribution in [3.05, 3.63) is 30.1 Å². The Morgan fingerprint density at radius 2 is 2.18 bits per heavy atom. The van der Waals surface area contributed by atoms with E-state index < -0.39 is 0 Å². The second kappa shape index (κ2) is 5.80. The molecule has 1 aromatic rings. The molecule has 0 amide bonds. The Kier molecular flexibility index (Phi) is 4.13. The maximum atomic E-state index is 8.24. The molecule has 1 saturated carbocycles. The fourth-order valence-electron chi connectivity index (χ4n) is 2.54. The first-order valence-corrected chi connectivity index (χ1v) is 6.46. The number of pyridine rings is 1. The largest absolute Gasteiger partial charge is 0.359 e. The van der Waals surface area contributed by atoms with E-state index in [9.17, 15) is 0 Å². The van der Waals surface area contributed by atoms with E-state index in [-0.39, 0.29) is 0 Å². The van der Waals surface area contributed by atoms with Crippen LogP contribution in [-0.4, -0.2) is 22.8 Å². The van der Waals surface area contributed by atoms with Crippen molar-refractivity contribution >= 4 is 5.84 Å². The minimum atomic E-state index is 0.477. The molecule has 0 unspecified atom stereocenters. The first-order valence-electron chi connectivity index (χ1n) is 6.46. The molecule has 1 fully saturated rings. The minimum Gasteiger partial charge on any atom is -0.359 e. The third-order valence-electron chi connectivity index (χ3n) is 3.55. The van der Waals surface area contributed by atoms with Gasteiger partial charge in [0, 0.05) is 31.9 Å². The normalized spacial score (nSPS) is 16.8. The van der Waals surface area contributed by atoms with Gasteiger partial charge in [0.25, 0.3) is 0 Å². The SMILES string of the molecule is CN(Cc1cccnc1)C(=N)C1CCCCC1. The average molecular weight is 231 g/mol. The summed E-state index contributed by atoms with van der Waals surface area (Å²) in [6.45, 7) is 0.795. The molecule has 0 spiro atoms. The van der Waals surface area contributed by atoms with Crippen molar-refractivity contribution in [2.24, 2.45) is 5.92 Å². The summed E-state index contributed by atoms with van der Waals surface area (Å²) in [7, 11) is 2.02. The van der Waals surface area contributed by atoms with Crippen LogP contribution in [0.5, 0.6) is 0 Å². The summed E-state index contributed by atoms with van der Waals surface area (Å²) in [6.07, 6.45) is 9.96. The molecule has 2 rings (SSSR count). The molecule has 1 N–H and O–H groups in total. The molecule has 0 radical (unpaired) electrons. The Balaban J connectivity index is 1.90.